The largest absolute Gasteiger partial charge is 0.338 e. The van der Waals surface area contributed by atoms with Gasteiger partial charge < -0.3 is 4.98 Å². The number of rotatable bonds is 2. The van der Waals surface area contributed by atoms with Gasteiger partial charge in [-0.25, -0.2) is 9.97 Å². The van der Waals surface area contributed by atoms with Crippen LogP contribution in [0.1, 0.15) is 0 Å². The maximum Gasteiger partial charge on any atom is 0.159 e. The summed E-state index contributed by atoms with van der Waals surface area (Å²) < 4.78 is 0. The lowest BCUT2D eigenvalue weighted by molar-refractivity contribution is 1.16. The van der Waals surface area contributed by atoms with Crippen molar-refractivity contribution in [3.63, 3.8) is 0 Å². The molecule has 0 bridgehead atoms. The van der Waals surface area contributed by atoms with Crippen LogP contribution in [0.5, 0.6) is 0 Å². The molecule has 2 aromatic carbocycles. The van der Waals surface area contributed by atoms with E-state index in [4.69, 9.17) is 11.6 Å². The van der Waals surface area contributed by atoms with Gasteiger partial charge in [0.05, 0.1) is 11.4 Å². The Bertz CT molecular complexity index is 885. The third kappa shape index (κ3) is 2.26. The van der Waals surface area contributed by atoms with E-state index < -0.39 is 0 Å². The second-order valence-corrected chi connectivity index (χ2v) is 5.37. The minimum atomic E-state index is 0.412. The summed E-state index contributed by atoms with van der Waals surface area (Å²) in [4.78, 5) is 12.3. The third-order valence-electron chi connectivity index (χ3n) is 3.54. The molecule has 2 aliphatic rings. The second-order valence-electron chi connectivity index (χ2n) is 5.01. The molecule has 4 heteroatoms. The summed E-state index contributed by atoms with van der Waals surface area (Å²) in [5, 5.41) is 0.412. The van der Waals surface area contributed by atoms with Crippen LogP contribution in [-0.4, -0.2) is 15.0 Å². The molecule has 0 saturated heterocycles. The van der Waals surface area contributed by atoms with Crippen molar-refractivity contribution in [2.75, 3.05) is 0 Å². The topological polar surface area (TPSA) is 41.6 Å². The van der Waals surface area contributed by atoms with Crippen LogP contribution in [0, 0.1) is 0 Å². The molecule has 3 nitrogen and oxygen atoms in total. The van der Waals surface area contributed by atoms with Crippen LogP contribution in [0.3, 0.4) is 0 Å². The first-order valence-corrected chi connectivity index (χ1v) is 7.36. The van der Waals surface area contributed by atoms with E-state index >= 15 is 0 Å². The van der Waals surface area contributed by atoms with Gasteiger partial charge in [-0.15, -0.1) is 0 Å². The predicted molar refractivity (Wildman–Crippen MR) is 88.9 cm³/mol. The Kier molecular flexibility index (Phi) is 3.13. The van der Waals surface area contributed by atoms with Crippen molar-refractivity contribution >= 4 is 11.6 Å². The van der Waals surface area contributed by atoms with Gasteiger partial charge >= 0.3 is 0 Å². The number of fused-ring (bicyclic) bond motifs is 1. The Balaban J connectivity index is 1.87. The number of halogens is 1. The fourth-order valence-corrected chi connectivity index (χ4v) is 2.70. The van der Waals surface area contributed by atoms with Gasteiger partial charge in [0.2, 0.25) is 0 Å². The monoisotopic (exact) mass is 305 g/mol. The highest BCUT2D eigenvalue weighted by Gasteiger charge is 2.17. The van der Waals surface area contributed by atoms with E-state index in [9.17, 15) is 0 Å². The van der Waals surface area contributed by atoms with Gasteiger partial charge in [0.25, 0.3) is 0 Å². The Morgan fingerprint density at radius 1 is 0.773 bits per heavy atom. The molecule has 0 atom stereocenters. The van der Waals surface area contributed by atoms with Crippen molar-refractivity contribution in [1.29, 1.82) is 0 Å². The number of hydrogen-bond donors (Lipinski definition) is 1. The number of H-pyrrole nitrogens is 1. The summed E-state index contributed by atoms with van der Waals surface area (Å²) in [6.45, 7) is 0. The maximum absolute atomic E-state index is 6.32. The standard InChI is InChI=1S/C18H12ClN3/c19-17-16-15(11-14(20-16)12-7-3-1-4-8-12)21-18(22-17)13-9-5-2-6-10-13/h1-11H,(H,21,22). The third-order valence-corrected chi connectivity index (χ3v) is 3.81. The summed E-state index contributed by atoms with van der Waals surface area (Å²) in [5.41, 5.74) is 4.52. The van der Waals surface area contributed by atoms with Gasteiger partial charge in [0.1, 0.15) is 11.5 Å². The molecule has 4 rings (SSSR count). The van der Waals surface area contributed by atoms with E-state index in [1.165, 1.54) is 0 Å². The molecule has 106 valence electrons. The van der Waals surface area contributed by atoms with Gasteiger partial charge in [-0.1, -0.05) is 72.3 Å². The van der Waals surface area contributed by atoms with E-state index in [0.717, 1.165) is 28.3 Å². The van der Waals surface area contributed by atoms with E-state index in [-0.39, 0.29) is 0 Å². The average molecular weight is 306 g/mol. The molecular formula is C18H12ClN3. The molecule has 0 saturated carbocycles. The first-order valence-electron chi connectivity index (χ1n) is 6.98. The van der Waals surface area contributed by atoms with Crippen LogP contribution in [0.4, 0.5) is 0 Å². The quantitative estimate of drug-likeness (QED) is 0.535. The highest BCUT2D eigenvalue weighted by atomic mass is 35.5. The fraction of sp³-hybridized carbons (Fsp3) is 0. The Morgan fingerprint density at radius 2 is 1.41 bits per heavy atom. The van der Waals surface area contributed by atoms with Gasteiger partial charge in [0.15, 0.2) is 5.15 Å². The van der Waals surface area contributed by atoms with Crippen LogP contribution in [0.25, 0.3) is 34.0 Å². The van der Waals surface area contributed by atoms with Crippen molar-refractivity contribution in [2.45, 2.75) is 0 Å². The minimum absolute atomic E-state index is 0.412. The summed E-state index contributed by atoms with van der Waals surface area (Å²) in [6, 6.07) is 21.9. The van der Waals surface area contributed by atoms with Crippen LogP contribution in [0.2, 0.25) is 5.15 Å². The molecule has 0 unspecified atom stereocenters. The van der Waals surface area contributed by atoms with Crippen LogP contribution >= 0.6 is 11.6 Å². The molecule has 2 aromatic rings. The molecule has 2 heterocycles. The molecule has 0 aromatic heterocycles. The lowest BCUT2D eigenvalue weighted by Gasteiger charge is -2.05. The second kappa shape index (κ2) is 5.28. The Morgan fingerprint density at radius 3 is 2.09 bits per heavy atom. The van der Waals surface area contributed by atoms with Crippen molar-refractivity contribution in [3.8, 4) is 34.0 Å². The number of hydrogen-bond acceptors (Lipinski definition) is 2. The number of aromatic amines is 1. The normalized spacial score (nSPS) is 11.0. The summed E-state index contributed by atoms with van der Waals surface area (Å²) in [7, 11) is 0. The molecule has 1 N–H and O–H groups in total. The Labute approximate surface area is 133 Å². The molecule has 22 heavy (non-hydrogen) atoms. The molecule has 0 amide bonds. The van der Waals surface area contributed by atoms with Gasteiger partial charge in [0, 0.05) is 11.1 Å². The van der Waals surface area contributed by atoms with Gasteiger partial charge in [-0.05, 0) is 6.07 Å². The van der Waals surface area contributed by atoms with E-state index in [1.807, 2.05) is 66.7 Å². The number of aromatic nitrogens is 3. The highest BCUT2D eigenvalue weighted by Crippen LogP contribution is 2.33. The van der Waals surface area contributed by atoms with E-state index in [1.54, 1.807) is 0 Å². The highest BCUT2D eigenvalue weighted by molar-refractivity contribution is 6.32. The van der Waals surface area contributed by atoms with Crippen molar-refractivity contribution in [3.05, 3.63) is 71.9 Å². The fourth-order valence-electron chi connectivity index (χ4n) is 2.47. The van der Waals surface area contributed by atoms with E-state index in [0.29, 0.717) is 10.8 Å². The van der Waals surface area contributed by atoms with Crippen molar-refractivity contribution in [2.24, 2.45) is 0 Å². The van der Waals surface area contributed by atoms with Gasteiger partial charge in [-0.2, -0.15) is 0 Å². The molecule has 0 aliphatic carbocycles. The summed E-state index contributed by atoms with van der Waals surface area (Å²) in [6.07, 6.45) is 0. The van der Waals surface area contributed by atoms with Crippen molar-refractivity contribution < 1.29 is 0 Å². The maximum atomic E-state index is 6.32. The van der Waals surface area contributed by atoms with Crippen LogP contribution < -0.4 is 0 Å². The number of benzene rings is 2. The van der Waals surface area contributed by atoms with Crippen LogP contribution in [-0.2, 0) is 0 Å². The molecule has 0 spiro atoms. The molecule has 2 aliphatic heterocycles. The zero-order chi connectivity index (χ0) is 14.9. The van der Waals surface area contributed by atoms with Crippen LogP contribution in [0.15, 0.2) is 66.7 Å². The number of nitrogens with zero attached hydrogens (tertiary/aromatic N) is 2. The smallest absolute Gasteiger partial charge is 0.159 e. The average Bonchev–Trinajstić information content (AvgIpc) is 3.01. The lowest BCUT2D eigenvalue weighted by atomic mass is 10.1. The zero-order valence-electron chi connectivity index (χ0n) is 11.6. The van der Waals surface area contributed by atoms with E-state index in [2.05, 4.69) is 15.0 Å². The first kappa shape index (κ1) is 13.0. The molecule has 0 radical (unpaired) electrons. The summed E-state index contributed by atoms with van der Waals surface area (Å²) >= 11 is 6.32. The molecular weight excluding hydrogens is 294 g/mol. The minimum Gasteiger partial charge on any atom is -0.338 e. The Hall–Kier alpha value is -2.65. The molecule has 0 fully saturated rings. The SMILES string of the molecule is Clc1nc(-c2ccccc2)[nH]c2cc(-c3ccccc3)nc1-2. The zero-order valence-corrected chi connectivity index (χ0v) is 12.4. The van der Waals surface area contributed by atoms with Gasteiger partial charge in [-0.3, -0.25) is 0 Å². The van der Waals surface area contributed by atoms with Crippen molar-refractivity contribution in [1.82, 2.24) is 15.0 Å². The predicted octanol–water partition coefficient (Wildman–Crippen LogP) is 4.90. The first-order chi connectivity index (χ1) is 10.8. The summed E-state index contributed by atoms with van der Waals surface area (Å²) in [5.74, 6) is 0.741. The lowest BCUT2D eigenvalue weighted by Crippen LogP contribution is -1.94. The number of nitrogens with one attached hydrogen (secondary N) is 1.